The molecule has 0 spiro atoms. The molecular formula is C13H16F2O2. The molecule has 0 amide bonds. The fourth-order valence-electron chi connectivity index (χ4n) is 1.60. The number of carbonyl (C=O) groups is 1. The van der Waals surface area contributed by atoms with Crippen molar-refractivity contribution in [1.29, 1.82) is 0 Å². The number of ether oxygens (including phenoxy) is 1. The smallest absolute Gasteiger partial charge is 0.309 e. The predicted molar refractivity (Wildman–Crippen MR) is 60.6 cm³/mol. The molecule has 1 aromatic rings. The van der Waals surface area contributed by atoms with Gasteiger partial charge in [0.2, 0.25) is 0 Å². The molecule has 0 fully saturated rings. The average molecular weight is 242 g/mol. The molecule has 0 aliphatic heterocycles. The molecule has 0 N–H and O–H groups in total. The van der Waals surface area contributed by atoms with Gasteiger partial charge >= 0.3 is 5.97 Å². The minimum Gasteiger partial charge on any atom is -0.466 e. The fraction of sp³-hybridized carbons (Fsp3) is 0.462. The maximum absolute atomic E-state index is 13.0. The highest BCUT2D eigenvalue weighted by Crippen LogP contribution is 2.26. The molecule has 17 heavy (non-hydrogen) atoms. The molecule has 0 heterocycles. The van der Waals surface area contributed by atoms with E-state index in [0.717, 1.165) is 6.07 Å². The molecule has 0 aliphatic carbocycles. The van der Waals surface area contributed by atoms with Gasteiger partial charge in [-0.05, 0) is 30.5 Å². The van der Waals surface area contributed by atoms with Gasteiger partial charge in [-0.1, -0.05) is 13.8 Å². The summed E-state index contributed by atoms with van der Waals surface area (Å²) in [6.45, 7) is 5.45. The van der Waals surface area contributed by atoms with Gasteiger partial charge in [-0.2, -0.15) is 0 Å². The molecule has 0 bridgehead atoms. The highest BCUT2D eigenvalue weighted by molar-refractivity contribution is 5.73. The van der Waals surface area contributed by atoms with E-state index in [-0.39, 0.29) is 11.9 Å². The molecule has 1 rings (SSSR count). The Bertz CT molecular complexity index is 384. The van der Waals surface area contributed by atoms with E-state index in [9.17, 15) is 13.6 Å². The van der Waals surface area contributed by atoms with Crippen LogP contribution in [-0.2, 0) is 9.53 Å². The normalized spacial score (nSPS) is 14.2. The number of hydrogen-bond acceptors (Lipinski definition) is 2. The lowest BCUT2D eigenvalue weighted by Crippen LogP contribution is -2.20. The molecule has 2 nitrogen and oxygen atoms in total. The first kappa shape index (κ1) is 13.6. The van der Waals surface area contributed by atoms with Crippen LogP contribution < -0.4 is 0 Å². The van der Waals surface area contributed by atoms with Gasteiger partial charge in [0.1, 0.15) is 11.6 Å². The van der Waals surface area contributed by atoms with Crippen molar-refractivity contribution in [3.8, 4) is 0 Å². The van der Waals surface area contributed by atoms with Gasteiger partial charge in [-0.15, -0.1) is 0 Å². The summed E-state index contributed by atoms with van der Waals surface area (Å²) in [6.07, 6.45) is 0. The molecule has 0 radical (unpaired) electrons. The molecule has 0 aliphatic rings. The summed E-state index contributed by atoms with van der Waals surface area (Å²) in [7, 11) is 0. The zero-order valence-corrected chi connectivity index (χ0v) is 10.2. The number of rotatable bonds is 4. The first-order valence-electron chi connectivity index (χ1n) is 5.58. The number of halogens is 2. The highest BCUT2D eigenvalue weighted by atomic mass is 19.1. The molecule has 1 aromatic carbocycles. The summed E-state index contributed by atoms with van der Waals surface area (Å²) in [5, 5.41) is 0. The van der Waals surface area contributed by atoms with Gasteiger partial charge < -0.3 is 4.74 Å². The third-order valence-corrected chi connectivity index (χ3v) is 2.82. The Labute approximate surface area is 99.6 Å². The monoisotopic (exact) mass is 242 g/mol. The van der Waals surface area contributed by atoms with Crippen molar-refractivity contribution in [3.63, 3.8) is 0 Å². The van der Waals surface area contributed by atoms with Gasteiger partial charge in [0.15, 0.2) is 0 Å². The SMILES string of the molecule is CCOC(=O)C(C)C(C)c1cc(F)cc(F)c1. The van der Waals surface area contributed by atoms with E-state index in [1.165, 1.54) is 12.1 Å². The standard InChI is InChI=1S/C13H16F2O2/c1-4-17-13(16)9(3)8(2)10-5-11(14)7-12(15)6-10/h5-9H,4H2,1-3H3. The van der Waals surface area contributed by atoms with Crippen LogP contribution in [0, 0.1) is 17.6 Å². The quantitative estimate of drug-likeness (QED) is 0.757. The number of benzene rings is 1. The van der Waals surface area contributed by atoms with Crippen LogP contribution in [0.5, 0.6) is 0 Å². The van der Waals surface area contributed by atoms with Crippen LogP contribution in [0.2, 0.25) is 0 Å². The van der Waals surface area contributed by atoms with E-state index < -0.39 is 17.6 Å². The van der Waals surface area contributed by atoms with Crippen LogP contribution >= 0.6 is 0 Å². The van der Waals surface area contributed by atoms with Crippen LogP contribution in [0.3, 0.4) is 0 Å². The second kappa shape index (κ2) is 5.75. The van der Waals surface area contributed by atoms with Crippen LogP contribution in [-0.4, -0.2) is 12.6 Å². The Morgan fingerprint density at radius 3 is 2.24 bits per heavy atom. The summed E-state index contributed by atoms with van der Waals surface area (Å²) in [6, 6.07) is 3.29. The maximum Gasteiger partial charge on any atom is 0.309 e. The first-order valence-corrected chi connectivity index (χ1v) is 5.58. The maximum atomic E-state index is 13.0. The third kappa shape index (κ3) is 3.51. The number of carbonyl (C=O) groups excluding carboxylic acids is 1. The Balaban J connectivity index is 2.87. The molecule has 94 valence electrons. The molecule has 2 atom stereocenters. The van der Waals surface area contributed by atoms with E-state index in [0.29, 0.717) is 12.2 Å². The average Bonchev–Trinajstić information content (AvgIpc) is 2.26. The summed E-state index contributed by atoms with van der Waals surface area (Å²) < 4.78 is 31.0. The Morgan fingerprint density at radius 2 is 1.76 bits per heavy atom. The second-order valence-corrected chi connectivity index (χ2v) is 4.03. The van der Waals surface area contributed by atoms with Crippen LogP contribution in [0.25, 0.3) is 0 Å². The number of esters is 1. The summed E-state index contributed by atoms with van der Waals surface area (Å²) in [5.41, 5.74) is 0.461. The molecule has 2 unspecified atom stereocenters. The van der Waals surface area contributed by atoms with Gasteiger partial charge in [-0.3, -0.25) is 4.79 Å². The fourth-order valence-corrected chi connectivity index (χ4v) is 1.60. The highest BCUT2D eigenvalue weighted by Gasteiger charge is 2.23. The molecular weight excluding hydrogens is 226 g/mol. The van der Waals surface area contributed by atoms with Crippen LogP contribution in [0.15, 0.2) is 18.2 Å². The zero-order valence-electron chi connectivity index (χ0n) is 10.2. The lowest BCUT2D eigenvalue weighted by atomic mass is 9.89. The predicted octanol–water partition coefficient (Wildman–Crippen LogP) is 3.27. The summed E-state index contributed by atoms with van der Waals surface area (Å²) in [5.74, 6) is -2.36. The van der Waals surface area contributed by atoms with Gasteiger partial charge in [0.05, 0.1) is 12.5 Å². The van der Waals surface area contributed by atoms with Gasteiger partial charge in [0, 0.05) is 6.07 Å². The van der Waals surface area contributed by atoms with Crippen molar-refractivity contribution >= 4 is 5.97 Å². The Morgan fingerprint density at radius 1 is 1.24 bits per heavy atom. The van der Waals surface area contributed by atoms with Crippen molar-refractivity contribution < 1.29 is 18.3 Å². The molecule has 0 aromatic heterocycles. The third-order valence-electron chi connectivity index (χ3n) is 2.82. The van der Waals surface area contributed by atoms with Crippen LogP contribution in [0.4, 0.5) is 8.78 Å². The molecule has 4 heteroatoms. The topological polar surface area (TPSA) is 26.3 Å². The molecule has 0 saturated heterocycles. The zero-order chi connectivity index (χ0) is 13.0. The van der Waals surface area contributed by atoms with Crippen molar-refractivity contribution in [2.24, 2.45) is 5.92 Å². The largest absolute Gasteiger partial charge is 0.466 e. The van der Waals surface area contributed by atoms with E-state index in [4.69, 9.17) is 4.74 Å². The summed E-state index contributed by atoms with van der Waals surface area (Å²) in [4.78, 5) is 11.5. The van der Waals surface area contributed by atoms with Crippen LogP contribution in [0.1, 0.15) is 32.3 Å². The lowest BCUT2D eigenvalue weighted by Gasteiger charge is -2.18. The minimum atomic E-state index is -0.636. The number of hydrogen-bond donors (Lipinski definition) is 0. The Hall–Kier alpha value is -1.45. The van der Waals surface area contributed by atoms with Gasteiger partial charge in [-0.25, -0.2) is 8.78 Å². The lowest BCUT2D eigenvalue weighted by molar-refractivity contribution is -0.148. The Kier molecular flexibility index (Phi) is 4.61. The first-order chi connectivity index (χ1) is 7.95. The minimum absolute atomic E-state index is 0.292. The van der Waals surface area contributed by atoms with E-state index >= 15 is 0 Å². The van der Waals surface area contributed by atoms with E-state index in [1.807, 2.05) is 0 Å². The van der Waals surface area contributed by atoms with Crippen molar-refractivity contribution in [2.75, 3.05) is 6.61 Å². The molecule has 0 saturated carbocycles. The summed E-state index contributed by atoms with van der Waals surface area (Å²) >= 11 is 0. The van der Waals surface area contributed by atoms with Crippen molar-refractivity contribution in [2.45, 2.75) is 26.7 Å². The van der Waals surface area contributed by atoms with Gasteiger partial charge in [0.25, 0.3) is 0 Å². The van der Waals surface area contributed by atoms with Crippen molar-refractivity contribution in [3.05, 3.63) is 35.4 Å². The second-order valence-electron chi connectivity index (χ2n) is 4.03. The van der Waals surface area contributed by atoms with Crippen molar-refractivity contribution in [1.82, 2.24) is 0 Å². The van der Waals surface area contributed by atoms with E-state index in [2.05, 4.69) is 0 Å². The van der Waals surface area contributed by atoms with E-state index in [1.54, 1.807) is 20.8 Å².